The topological polar surface area (TPSA) is 49.8 Å². The summed E-state index contributed by atoms with van der Waals surface area (Å²) in [5.41, 5.74) is 2.13. The van der Waals surface area contributed by atoms with E-state index in [1.54, 1.807) is 6.33 Å². The molecule has 0 aliphatic heterocycles. The molecule has 4 heteroatoms. The van der Waals surface area contributed by atoms with Crippen LogP contribution in [0.15, 0.2) is 6.33 Å². The van der Waals surface area contributed by atoms with Crippen molar-refractivity contribution in [1.29, 1.82) is 0 Å². The summed E-state index contributed by atoms with van der Waals surface area (Å²) in [7, 11) is 0. The Labute approximate surface area is 85.2 Å². The first-order chi connectivity index (χ1) is 6.65. The molecule has 1 aromatic heterocycles. The molecule has 2 N–H and O–H groups in total. The van der Waals surface area contributed by atoms with Gasteiger partial charge in [-0.05, 0) is 27.3 Å². The fourth-order valence-electron chi connectivity index (χ4n) is 1.25. The molecular weight excluding hydrogens is 176 g/mol. The summed E-state index contributed by atoms with van der Waals surface area (Å²) in [5.74, 6) is 0.908. The van der Waals surface area contributed by atoms with Gasteiger partial charge in [-0.15, -0.1) is 0 Å². The Bertz CT molecular complexity index is 298. The third-order valence-electron chi connectivity index (χ3n) is 2.20. The molecule has 1 heterocycles. The zero-order chi connectivity index (χ0) is 10.6. The molecule has 0 aliphatic carbocycles. The molecule has 1 aromatic rings. The van der Waals surface area contributed by atoms with E-state index in [1.165, 1.54) is 0 Å². The Balaban J connectivity index is 2.71. The van der Waals surface area contributed by atoms with Gasteiger partial charge in [0, 0.05) is 11.3 Å². The lowest BCUT2D eigenvalue weighted by Gasteiger charge is -2.16. The predicted octanol–water partition coefficient (Wildman–Crippen LogP) is 1.46. The number of rotatable bonds is 4. The summed E-state index contributed by atoms with van der Waals surface area (Å²) >= 11 is 0. The highest BCUT2D eigenvalue weighted by atomic mass is 15.2. The van der Waals surface area contributed by atoms with E-state index < -0.39 is 0 Å². The maximum atomic E-state index is 4.20. The van der Waals surface area contributed by atoms with Crippen molar-refractivity contribution in [1.82, 2.24) is 15.3 Å². The minimum atomic E-state index is 0.230. The van der Waals surface area contributed by atoms with Crippen molar-refractivity contribution in [2.45, 2.75) is 33.9 Å². The van der Waals surface area contributed by atoms with Crippen LogP contribution in [-0.4, -0.2) is 22.7 Å². The highest BCUT2D eigenvalue weighted by molar-refractivity contribution is 5.44. The van der Waals surface area contributed by atoms with Gasteiger partial charge in [-0.2, -0.15) is 0 Å². The molecule has 0 saturated carbocycles. The lowest BCUT2D eigenvalue weighted by molar-refractivity contribution is 0.621. The summed E-state index contributed by atoms with van der Waals surface area (Å²) in [5, 5.41) is 6.56. The summed E-state index contributed by atoms with van der Waals surface area (Å²) < 4.78 is 0. The Morgan fingerprint density at radius 1 is 1.36 bits per heavy atom. The van der Waals surface area contributed by atoms with E-state index in [9.17, 15) is 0 Å². The Hall–Kier alpha value is -1.16. The van der Waals surface area contributed by atoms with Crippen LogP contribution >= 0.6 is 0 Å². The standard InChI is InChI=1S/C10H18N4/c1-5-11-9(4)14-10-7(2)8(3)12-6-13-10/h6,9,11H,5H2,1-4H3,(H,12,13,14). The largest absolute Gasteiger partial charge is 0.355 e. The molecule has 0 aliphatic rings. The van der Waals surface area contributed by atoms with Gasteiger partial charge >= 0.3 is 0 Å². The van der Waals surface area contributed by atoms with E-state index in [2.05, 4.69) is 34.4 Å². The Morgan fingerprint density at radius 2 is 2.07 bits per heavy atom. The normalized spacial score (nSPS) is 12.6. The summed E-state index contributed by atoms with van der Waals surface area (Å²) in [6, 6.07) is 0. The fourth-order valence-corrected chi connectivity index (χ4v) is 1.25. The van der Waals surface area contributed by atoms with Crippen molar-refractivity contribution in [2.75, 3.05) is 11.9 Å². The Morgan fingerprint density at radius 3 is 2.71 bits per heavy atom. The monoisotopic (exact) mass is 194 g/mol. The van der Waals surface area contributed by atoms with Crippen molar-refractivity contribution in [3.63, 3.8) is 0 Å². The number of aromatic nitrogens is 2. The van der Waals surface area contributed by atoms with E-state index in [0.29, 0.717) is 0 Å². The van der Waals surface area contributed by atoms with Crippen molar-refractivity contribution >= 4 is 5.82 Å². The minimum absolute atomic E-state index is 0.230. The van der Waals surface area contributed by atoms with Crippen LogP contribution in [0.5, 0.6) is 0 Å². The third-order valence-corrected chi connectivity index (χ3v) is 2.20. The van der Waals surface area contributed by atoms with Gasteiger partial charge < -0.3 is 5.32 Å². The second-order valence-electron chi connectivity index (χ2n) is 3.36. The van der Waals surface area contributed by atoms with Gasteiger partial charge in [0.2, 0.25) is 0 Å². The number of nitrogens with one attached hydrogen (secondary N) is 2. The maximum Gasteiger partial charge on any atom is 0.133 e. The van der Waals surface area contributed by atoms with E-state index in [4.69, 9.17) is 0 Å². The Kier molecular flexibility index (Phi) is 3.83. The van der Waals surface area contributed by atoms with Crippen LogP contribution in [0.3, 0.4) is 0 Å². The second-order valence-corrected chi connectivity index (χ2v) is 3.36. The van der Waals surface area contributed by atoms with Crippen molar-refractivity contribution in [3.05, 3.63) is 17.6 Å². The number of hydrogen-bond donors (Lipinski definition) is 2. The summed E-state index contributed by atoms with van der Waals surface area (Å²) in [6.45, 7) is 9.10. The summed E-state index contributed by atoms with van der Waals surface area (Å²) in [6.07, 6.45) is 1.82. The van der Waals surface area contributed by atoms with E-state index in [1.807, 2.05) is 13.8 Å². The molecule has 0 fully saturated rings. The smallest absolute Gasteiger partial charge is 0.133 e. The van der Waals surface area contributed by atoms with Crippen molar-refractivity contribution in [2.24, 2.45) is 0 Å². The lowest BCUT2D eigenvalue weighted by atomic mass is 10.2. The molecule has 1 rings (SSSR count). The maximum absolute atomic E-state index is 4.20. The molecule has 1 unspecified atom stereocenters. The van der Waals surface area contributed by atoms with E-state index in [-0.39, 0.29) is 6.17 Å². The first-order valence-corrected chi connectivity index (χ1v) is 4.93. The molecule has 0 saturated heterocycles. The highest BCUT2D eigenvalue weighted by Gasteiger charge is 2.05. The number of aryl methyl sites for hydroxylation is 1. The van der Waals surface area contributed by atoms with Gasteiger partial charge in [-0.25, -0.2) is 9.97 Å². The van der Waals surface area contributed by atoms with Crippen LogP contribution < -0.4 is 10.6 Å². The number of anilines is 1. The van der Waals surface area contributed by atoms with Gasteiger partial charge in [-0.3, -0.25) is 5.32 Å². The molecule has 1 atom stereocenters. The summed E-state index contributed by atoms with van der Waals surface area (Å²) in [4.78, 5) is 8.32. The zero-order valence-electron chi connectivity index (χ0n) is 9.26. The van der Waals surface area contributed by atoms with Crippen molar-refractivity contribution in [3.8, 4) is 0 Å². The highest BCUT2D eigenvalue weighted by Crippen LogP contribution is 2.12. The van der Waals surface area contributed by atoms with Crippen LogP contribution in [0.2, 0.25) is 0 Å². The average molecular weight is 194 g/mol. The fraction of sp³-hybridized carbons (Fsp3) is 0.600. The van der Waals surface area contributed by atoms with E-state index in [0.717, 1.165) is 23.6 Å². The van der Waals surface area contributed by atoms with Gasteiger partial charge in [0.05, 0.1) is 6.17 Å². The zero-order valence-corrected chi connectivity index (χ0v) is 9.26. The lowest BCUT2D eigenvalue weighted by Crippen LogP contribution is -2.33. The van der Waals surface area contributed by atoms with Gasteiger partial charge in [0.25, 0.3) is 0 Å². The average Bonchev–Trinajstić information content (AvgIpc) is 2.13. The van der Waals surface area contributed by atoms with Crippen LogP contribution in [0.1, 0.15) is 25.1 Å². The second kappa shape index (κ2) is 4.91. The molecule has 0 amide bonds. The van der Waals surface area contributed by atoms with Crippen LogP contribution in [0, 0.1) is 13.8 Å². The molecule has 14 heavy (non-hydrogen) atoms. The predicted molar refractivity (Wildman–Crippen MR) is 58.3 cm³/mol. The van der Waals surface area contributed by atoms with Crippen LogP contribution in [0.4, 0.5) is 5.82 Å². The van der Waals surface area contributed by atoms with Crippen LogP contribution in [-0.2, 0) is 0 Å². The quantitative estimate of drug-likeness (QED) is 0.712. The third kappa shape index (κ3) is 2.67. The molecule has 0 bridgehead atoms. The first-order valence-electron chi connectivity index (χ1n) is 4.93. The number of hydrogen-bond acceptors (Lipinski definition) is 4. The molecule has 78 valence electrons. The first kappa shape index (κ1) is 10.9. The van der Waals surface area contributed by atoms with Crippen LogP contribution in [0.25, 0.3) is 0 Å². The molecule has 0 spiro atoms. The van der Waals surface area contributed by atoms with Gasteiger partial charge in [-0.1, -0.05) is 6.92 Å². The van der Waals surface area contributed by atoms with E-state index >= 15 is 0 Å². The molecule has 4 nitrogen and oxygen atoms in total. The van der Waals surface area contributed by atoms with Gasteiger partial charge in [0.15, 0.2) is 0 Å². The van der Waals surface area contributed by atoms with Crippen molar-refractivity contribution < 1.29 is 0 Å². The number of nitrogens with zero attached hydrogens (tertiary/aromatic N) is 2. The molecule has 0 aromatic carbocycles. The minimum Gasteiger partial charge on any atom is -0.355 e. The van der Waals surface area contributed by atoms with Gasteiger partial charge in [0.1, 0.15) is 12.1 Å². The molecule has 0 radical (unpaired) electrons. The SMILES string of the molecule is CCNC(C)Nc1ncnc(C)c1C. The molecular formula is C10H18N4.